The van der Waals surface area contributed by atoms with Crippen LogP contribution in [0.3, 0.4) is 0 Å². The molecule has 4 nitrogen and oxygen atoms in total. The summed E-state index contributed by atoms with van der Waals surface area (Å²) in [6.45, 7) is 2.20. The third kappa shape index (κ3) is 2.13. The van der Waals surface area contributed by atoms with Crippen molar-refractivity contribution >= 4 is 0 Å². The highest BCUT2D eigenvalue weighted by Gasteiger charge is 2.26. The number of benzene rings is 1. The van der Waals surface area contributed by atoms with Crippen molar-refractivity contribution in [2.75, 3.05) is 27.3 Å². The molecule has 0 amide bonds. The molecule has 16 heavy (non-hydrogen) atoms. The fourth-order valence-corrected chi connectivity index (χ4v) is 1.98. The normalized spacial score (nSPS) is 16.9. The summed E-state index contributed by atoms with van der Waals surface area (Å²) < 4.78 is 10.6. The van der Waals surface area contributed by atoms with Gasteiger partial charge in [0, 0.05) is 19.6 Å². The summed E-state index contributed by atoms with van der Waals surface area (Å²) in [5, 5.41) is 9.25. The number of rotatable bonds is 4. The Morgan fingerprint density at radius 2 is 1.81 bits per heavy atom. The number of β-amino-alcohol motifs (C(OH)–C–C–N with tert-alkyl or cyclic N) is 1. The minimum atomic E-state index is -0.180. The van der Waals surface area contributed by atoms with Crippen LogP contribution in [0.25, 0.3) is 0 Å². The maximum absolute atomic E-state index is 9.25. The lowest BCUT2D eigenvalue weighted by atomic mass is 10.1. The third-order valence-corrected chi connectivity index (χ3v) is 2.85. The zero-order valence-corrected chi connectivity index (χ0v) is 9.64. The Balaban J connectivity index is 2.16. The van der Waals surface area contributed by atoms with Gasteiger partial charge in [-0.2, -0.15) is 0 Å². The largest absolute Gasteiger partial charge is 0.496 e. The van der Waals surface area contributed by atoms with Crippen LogP contribution in [0.4, 0.5) is 0 Å². The molecule has 0 aliphatic carbocycles. The molecule has 88 valence electrons. The van der Waals surface area contributed by atoms with Crippen molar-refractivity contribution in [2.45, 2.75) is 12.6 Å². The van der Waals surface area contributed by atoms with Crippen molar-refractivity contribution < 1.29 is 14.6 Å². The number of hydrogen-bond donors (Lipinski definition) is 1. The van der Waals surface area contributed by atoms with Crippen molar-refractivity contribution in [3.63, 3.8) is 0 Å². The van der Waals surface area contributed by atoms with Gasteiger partial charge in [0.05, 0.1) is 25.9 Å². The quantitative estimate of drug-likeness (QED) is 0.822. The first-order valence-corrected chi connectivity index (χ1v) is 5.35. The minimum absolute atomic E-state index is 0.180. The van der Waals surface area contributed by atoms with E-state index in [4.69, 9.17) is 9.47 Å². The maximum atomic E-state index is 9.25. The van der Waals surface area contributed by atoms with Gasteiger partial charge in [-0.3, -0.25) is 4.90 Å². The van der Waals surface area contributed by atoms with Gasteiger partial charge in [0.15, 0.2) is 0 Å². The molecule has 1 heterocycles. The average molecular weight is 223 g/mol. The molecule has 1 aliphatic rings. The van der Waals surface area contributed by atoms with Gasteiger partial charge in [-0.15, -0.1) is 0 Å². The SMILES string of the molecule is COc1cccc(OC)c1CN1CC(O)C1. The molecule has 0 unspecified atom stereocenters. The topological polar surface area (TPSA) is 41.9 Å². The molecule has 2 rings (SSSR count). The first-order valence-electron chi connectivity index (χ1n) is 5.35. The zero-order chi connectivity index (χ0) is 11.5. The summed E-state index contributed by atoms with van der Waals surface area (Å²) in [5.74, 6) is 1.67. The predicted octanol–water partition coefficient (Wildman–Crippen LogP) is 0.880. The van der Waals surface area contributed by atoms with Gasteiger partial charge < -0.3 is 14.6 Å². The van der Waals surface area contributed by atoms with Gasteiger partial charge in [0.2, 0.25) is 0 Å². The van der Waals surface area contributed by atoms with Crippen LogP contribution in [0.2, 0.25) is 0 Å². The van der Waals surface area contributed by atoms with Gasteiger partial charge in [-0.05, 0) is 12.1 Å². The van der Waals surface area contributed by atoms with E-state index in [1.165, 1.54) is 0 Å². The van der Waals surface area contributed by atoms with E-state index in [0.717, 1.165) is 36.7 Å². The standard InChI is InChI=1S/C12H17NO3/c1-15-11-4-3-5-12(16-2)10(11)8-13-6-9(14)7-13/h3-5,9,14H,6-8H2,1-2H3. The summed E-state index contributed by atoms with van der Waals surface area (Å²) in [7, 11) is 3.31. The zero-order valence-electron chi connectivity index (χ0n) is 9.64. The maximum Gasteiger partial charge on any atom is 0.127 e. The van der Waals surface area contributed by atoms with E-state index in [2.05, 4.69) is 4.90 Å². The van der Waals surface area contributed by atoms with Gasteiger partial charge in [-0.1, -0.05) is 6.07 Å². The Labute approximate surface area is 95.4 Å². The Hall–Kier alpha value is -1.26. The van der Waals surface area contributed by atoms with E-state index in [-0.39, 0.29) is 6.10 Å². The molecular weight excluding hydrogens is 206 g/mol. The second-order valence-corrected chi connectivity index (χ2v) is 3.99. The van der Waals surface area contributed by atoms with Crippen LogP contribution in [0.5, 0.6) is 11.5 Å². The molecule has 0 spiro atoms. The van der Waals surface area contributed by atoms with Gasteiger partial charge >= 0.3 is 0 Å². The van der Waals surface area contributed by atoms with E-state index < -0.39 is 0 Å². The van der Waals surface area contributed by atoms with Crippen LogP contribution in [-0.4, -0.2) is 43.4 Å². The highest BCUT2D eigenvalue weighted by molar-refractivity contribution is 5.44. The van der Waals surface area contributed by atoms with Crippen molar-refractivity contribution in [1.29, 1.82) is 0 Å². The van der Waals surface area contributed by atoms with Crippen LogP contribution in [0.15, 0.2) is 18.2 Å². The number of aliphatic hydroxyl groups excluding tert-OH is 1. The number of hydrogen-bond acceptors (Lipinski definition) is 4. The van der Waals surface area contributed by atoms with Crippen LogP contribution in [0, 0.1) is 0 Å². The van der Waals surface area contributed by atoms with Crippen LogP contribution in [0.1, 0.15) is 5.56 Å². The Bertz CT molecular complexity index is 339. The molecule has 4 heteroatoms. The van der Waals surface area contributed by atoms with Gasteiger partial charge in [-0.25, -0.2) is 0 Å². The molecule has 1 aromatic carbocycles. The highest BCUT2D eigenvalue weighted by atomic mass is 16.5. The van der Waals surface area contributed by atoms with Gasteiger partial charge in [0.1, 0.15) is 11.5 Å². The fourth-order valence-electron chi connectivity index (χ4n) is 1.98. The molecule has 1 aromatic rings. The lowest BCUT2D eigenvalue weighted by Gasteiger charge is -2.36. The number of aliphatic hydroxyl groups is 1. The molecule has 1 aliphatic heterocycles. The smallest absolute Gasteiger partial charge is 0.127 e. The minimum Gasteiger partial charge on any atom is -0.496 e. The summed E-state index contributed by atoms with van der Waals surface area (Å²) in [5.41, 5.74) is 1.04. The third-order valence-electron chi connectivity index (χ3n) is 2.85. The number of ether oxygens (including phenoxy) is 2. The van der Waals surface area contributed by atoms with Crippen LogP contribution in [-0.2, 0) is 6.54 Å². The Morgan fingerprint density at radius 1 is 1.25 bits per heavy atom. The lowest BCUT2D eigenvalue weighted by molar-refractivity contribution is -0.00358. The Kier molecular flexibility index (Phi) is 3.31. The number of methoxy groups -OCH3 is 2. The Morgan fingerprint density at radius 3 is 2.25 bits per heavy atom. The van der Waals surface area contributed by atoms with Gasteiger partial charge in [0.25, 0.3) is 0 Å². The first-order chi connectivity index (χ1) is 7.74. The molecule has 0 radical (unpaired) electrons. The van der Waals surface area contributed by atoms with E-state index in [1.54, 1.807) is 14.2 Å². The van der Waals surface area contributed by atoms with Crippen LogP contribution < -0.4 is 9.47 Å². The second-order valence-electron chi connectivity index (χ2n) is 3.99. The molecule has 0 atom stereocenters. The molecule has 1 N–H and O–H groups in total. The van der Waals surface area contributed by atoms with Crippen molar-refractivity contribution in [3.8, 4) is 11.5 Å². The van der Waals surface area contributed by atoms with Crippen molar-refractivity contribution in [1.82, 2.24) is 4.90 Å². The summed E-state index contributed by atoms with van der Waals surface area (Å²) in [6.07, 6.45) is -0.180. The number of nitrogens with zero attached hydrogens (tertiary/aromatic N) is 1. The second kappa shape index (κ2) is 4.72. The molecule has 0 bridgehead atoms. The molecule has 0 aromatic heterocycles. The number of likely N-dealkylation sites (tertiary alicyclic amines) is 1. The molecular formula is C12H17NO3. The lowest BCUT2D eigenvalue weighted by Crippen LogP contribution is -2.49. The van der Waals surface area contributed by atoms with E-state index in [1.807, 2.05) is 18.2 Å². The average Bonchev–Trinajstić information content (AvgIpc) is 2.27. The van der Waals surface area contributed by atoms with Crippen LogP contribution >= 0.6 is 0 Å². The highest BCUT2D eigenvalue weighted by Crippen LogP contribution is 2.30. The van der Waals surface area contributed by atoms with E-state index >= 15 is 0 Å². The van der Waals surface area contributed by atoms with E-state index in [9.17, 15) is 5.11 Å². The fraction of sp³-hybridized carbons (Fsp3) is 0.500. The molecule has 1 fully saturated rings. The molecule has 0 saturated carbocycles. The van der Waals surface area contributed by atoms with Crippen molar-refractivity contribution in [2.24, 2.45) is 0 Å². The summed E-state index contributed by atoms with van der Waals surface area (Å²) in [6, 6.07) is 5.76. The summed E-state index contributed by atoms with van der Waals surface area (Å²) in [4.78, 5) is 2.16. The predicted molar refractivity (Wildman–Crippen MR) is 60.8 cm³/mol. The first kappa shape index (κ1) is 11.2. The van der Waals surface area contributed by atoms with E-state index in [0.29, 0.717) is 0 Å². The summed E-state index contributed by atoms with van der Waals surface area (Å²) >= 11 is 0. The van der Waals surface area contributed by atoms with Crippen molar-refractivity contribution in [3.05, 3.63) is 23.8 Å². The molecule has 1 saturated heterocycles. The monoisotopic (exact) mass is 223 g/mol.